The largest absolute Gasteiger partial charge is 0.396 e. The Kier molecular flexibility index (Phi) is 8.91. The number of unbranched alkanes of at least 4 members (excludes halogenated alkanes) is 2. The van der Waals surface area contributed by atoms with Gasteiger partial charge in [0.15, 0.2) is 0 Å². The first-order valence-electron chi connectivity index (χ1n) is 3.97. The molecule has 0 heterocycles. The van der Waals surface area contributed by atoms with Crippen LogP contribution < -0.4 is 0 Å². The lowest BCUT2D eigenvalue weighted by Crippen LogP contribution is -1.96. The van der Waals surface area contributed by atoms with E-state index in [1.165, 1.54) is 0 Å². The van der Waals surface area contributed by atoms with Crippen LogP contribution in [0.5, 0.6) is 0 Å². The number of rotatable bonds is 7. The van der Waals surface area contributed by atoms with E-state index in [1.807, 2.05) is 6.07 Å². The second kappa shape index (κ2) is 9.41. The Morgan fingerprint density at radius 1 is 1.18 bits per heavy atom. The normalized spacial score (nSPS) is 9.45. The van der Waals surface area contributed by atoms with Crippen molar-refractivity contribution in [2.45, 2.75) is 25.7 Å². The van der Waals surface area contributed by atoms with Gasteiger partial charge in [-0.25, -0.2) is 0 Å². The van der Waals surface area contributed by atoms with E-state index in [0.29, 0.717) is 19.6 Å². The van der Waals surface area contributed by atoms with Crippen molar-refractivity contribution in [2.24, 2.45) is 0 Å². The van der Waals surface area contributed by atoms with Crippen molar-refractivity contribution < 1.29 is 9.84 Å². The number of aliphatic hydroxyl groups is 1. The fourth-order valence-corrected chi connectivity index (χ4v) is 0.713. The van der Waals surface area contributed by atoms with Crippen molar-refractivity contribution in [3.8, 4) is 6.07 Å². The summed E-state index contributed by atoms with van der Waals surface area (Å²) in [7, 11) is 0. The molecule has 64 valence electrons. The molecule has 1 N–H and O–H groups in total. The fraction of sp³-hybridized carbons (Fsp3) is 0.875. The van der Waals surface area contributed by atoms with Gasteiger partial charge in [-0.05, 0) is 19.3 Å². The molecule has 0 amide bonds. The summed E-state index contributed by atoms with van der Waals surface area (Å²) in [4.78, 5) is 0. The van der Waals surface area contributed by atoms with Gasteiger partial charge in [-0.2, -0.15) is 5.26 Å². The summed E-state index contributed by atoms with van der Waals surface area (Å²) in [6, 6.07) is 2.00. The highest BCUT2D eigenvalue weighted by Crippen LogP contribution is 1.94. The lowest BCUT2D eigenvalue weighted by molar-refractivity contribution is 0.133. The van der Waals surface area contributed by atoms with Crippen LogP contribution in [0.2, 0.25) is 0 Å². The number of hydrogen-bond donors (Lipinski definition) is 1. The first-order valence-corrected chi connectivity index (χ1v) is 3.97. The lowest BCUT2D eigenvalue weighted by Gasteiger charge is -1.99. The second-order valence-corrected chi connectivity index (χ2v) is 2.30. The van der Waals surface area contributed by atoms with E-state index in [2.05, 4.69) is 0 Å². The molecule has 0 aliphatic rings. The summed E-state index contributed by atoms with van der Waals surface area (Å²) in [6.07, 6.45) is 3.30. The third kappa shape index (κ3) is 9.41. The Morgan fingerprint density at radius 2 is 2.00 bits per heavy atom. The van der Waals surface area contributed by atoms with E-state index < -0.39 is 0 Å². The number of nitriles is 1. The third-order valence-corrected chi connectivity index (χ3v) is 1.30. The zero-order valence-corrected chi connectivity index (χ0v) is 6.75. The quantitative estimate of drug-likeness (QED) is 0.562. The van der Waals surface area contributed by atoms with Gasteiger partial charge in [0.05, 0.1) is 19.1 Å². The second-order valence-electron chi connectivity index (χ2n) is 2.30. The van der Waals surface area contributed by atoms with Crippen LogP contribution in [0.4, 0.5) is 0 Å². The lowest BCUT2D eigenvalue weighted by atomic mass is 10.2. The summed E-state index contributed by atoms with van der Waals surface area (Å²) in [5, 5.41) is 16.6. The Hall–Kier alpha value is -0.590. The summed E-state index contributed by atoms with van der Waals surface area (Å²) in [5.41, 5.74) is 0. The molecule has 0 aromatic heterocycles. The molecule has 0 atom stereocenters. The van der Waals surface area contributed by atoms with Crippen LogP contribution >= 0.6 is 0 Å². The van der Waals surface area contributed by atoms with Crippen LogP contribution in [0.3, 0.4) is 0 Å². The molecule has 0 aromatic carbocycles. The summed E-state index contributed by atoms with van der Waals surface area (Å²) in [6.45, 7) is 1.51. The molecule has 0 aliphatic carbocycles. The highest BCUT2D eigenvalue weighted by molar-refractivity contribution is 4.66. The molecule has 0 rings (SSSR count). The Morgan fingerprint density at radius 3 is 2.64 bits per heavy atom. The van der Waals surface area contributed by atoms with E-state index >= 15 is 0 Å². The van der Waals surface area contributed by atoms with Gasteiger partial charge in [0.1, 0.15) is 0 Å². The predicted octanol–water partition coefficient (Wildman–Crippen LogP) is 1.08. The number of hydrogen-bond acceptors (Lipinski definition) is 3. The monoisotopic (exact) mass is 157 g/mol. The van der Waals surface area contributed by atoms with Gasteiger partial charge in [-0.1, -0.05) is 0 Å². The van der Waals surface area contributed by atoms with Crippen LogP contribution in [0.25, 0.3) is 0 Å². The van der Waals surface area contributed by atoms with Crippen LogP contribution in [0, 0.1) is 11.3 Å². The van der Waals surface area contributed by atoms with Crippen molar-refractivity contribution in [3.05, 3.63) is 0 Å². The molecule has 0 aromatic rings. The van der Waals surface area contributed by atoms with Crippen molar-refractivity contribution in [2.75, 3.05) is 19.8 Å². The molecule has 0 aliphatic heterocycles. The standard InChI is InChI=1S/C8H15NO2/c9-5-4-8-11-7-3-1-2-6-10/h10H,1-4,6-8H2. The smallest absolute Gasteiger partial charge is 0.0645 e. The van der Waals surface area contributed by atoms with E-state index in [1.54, 1.807) is 0 Å². The van der Waals surface area contributed by atoms with Gasteiger partial charge in [-0.15, -0.1) is 0 Å². The number of nitrogens with zero attached hydrogens (tertiary/aromatic N) is 1. The molecule has 0 saturated heterocycles. The topological polar surface area (TPSA) is 53.2 Å². The van der Waals surface area contributed by atoms with Crippen LogP contribution in [0.1, 0.15) is 25.7 Å². The molecule has 11 heavy (non-hydrogen) atoms. The van der Waals surface area contributed by atoms with Crippen LogP contribution in [-0.2, 0) is 4.74 Å². The molecule has 0 bridgehead atoms. The van der Waals surface area contributed by atoms with Crippen molar-refractivity contribution in [1.82, 2.24) is 0 Å². The van der Waals surface area contributed by atoms with E-state index in [9.17, 15) is 0 Å². The van der Waals surface area contributed by atoms with E-state index in [4.69, 9.17) is 15.1 Å². The maximum Gasteiger partial charge on any atom is 0.0645 e. The maximum atomic E-state index is 8.42. The Labute approximate surface area is 67.6 Å². The van der Waals surface area contributed by atoms with Crippen molar-refractivity contribution >= 4 is 0 Å². The molecule has 3 heteroatoms. The first kappa shape index (κ1) is 10.4. The highest BCUT2D eigenvalue weighted by atomic mass is 16.5. The van der Waals surface area contributed by atoms with Gasteiger partial charge in [-0.3, -0.25) is 0 Å². The molecular weight excluding hydrogens is 142 g/mol. The van der Waals surface area contributed by atoms with E-state index in [-0.39, 0.29) is 6.61 Å². The SMILES string of the molecule is N#CCCOCCCCCO. The van der Waals surface area contributed by atoms with Crippen LogP contribution in [-0.4, -0.2) is 24.9 Å². The van der Waals surface area contributed by atoms with Crippen LogP contribution in [0.15, 0.2) is 0 Å². The Bertz CT molecular complexity index is 109. The molecule has 0 spiro atoms. The summed E-state index contributed by atoms with van der Waals surface area (Å²) < 4.78 is 5.12. The van der Waals surface area contributed by atoms with E-state index in [0.717, 1.165) is 19.3 Å². The molecule has 0 unspecified atom stereocenters. The molecule has 3 nitrogen and oxygen atoms in total. The van der Waals surface area contributed by atoms with Crippen molar-refractivity contribution in [1.29, 1.82) is 5.26 Å². The molecular formula is C8H15NO2. The minimum absolute atomic E-state index is 0.262. The van der Waals surface area contributed by atoms with Gasteiger partial charge in [0.2, 0.25) is 0 Å². The van der Waals surface area contributed by atoms with Gasteiger partial charge in [0.25, 0.3) is 0 Å². The highest BCUT2D eigenvalue weighted by Gasteiger charge is 1.88. The molecule has 0 saturated carbocycles. The van der Waals surface area contributed by atoms with Gasteiger partial charge < -0.3 is 9.84 Å². The summed E-state index contributed by atoms with van der Waals surface area (Å²) >= 11 is 0. The molecule has 0 fully saturated rings. The van der Waals surface area contributed by atoms with Crippen molar-refractivity contribution in [3.63, 3.8) is 0 Å². The van der Waals surface area contributed by atoms with Gasteiger partial charge in [0, 0.05) is 13.2 Å². The maximum absolute atomic E-state index is 8.42. The average molecular weight is 157 g/mol. The number of ether oxygens (including phenoxy) is 1. The number of aliphatic hydroxyl groups excluding tert-OH is 1. The summed E-state index contributed by atoms with van der Waals surface area (Å²) in [5.74, 6) is 0. The Balaban J connectivity index is 2.75. The zero-order valence-electron chi connectivity index (χ0n) is 6.75. The molecule has 0 radical (unpaired) electrons. The third-order valence-electron chi connectivity index (χ3n) is 1.30. The first-order chi connectivity index (χ1) is 5.41. The zero-order chi connectivity index (χ0) is 8.36. The fourth-order valence-electron chi connectivity index (χ4n) is 0.713. The average Bonchev–Trinajstić information content (AvgIpc) is 2.03. The minimum Gasteiger partial charge on any atom is -0.396 e. The predicted molar refractivity (Wildman–Crippen MR) is 42.0 cm³/mol. The minimum atomic E-state index is 0.262. The van der Waals surface area contributed by atoms with Gasteiger partial charge >= 0.3 is 0 Å².